The van der Waals surface area contributed by atoms with Crippen molar-refractivity contribution in [1.29, 1.82) is 0 Å². The van der Waals surface area contributed by atoms with Crippen LogP contribution in [0, 0.1) is 0 Å². The van der Waals surface area contributed by atoms with Crippen molar-refractivity contribution in [2.24, 2.45) is 0 Å². The lowest BCUT2D eigenvalue weighted by atomic mass is 10.1. The fourth-order valence-corrected chi connectivity index (χ4v) is 3.37. The molecular formula is C16H21Br2Cl2O4PSi. The van der Waals surface area contributed by atoms with Gasteiger partial charge in [-0.2, -0.15) is 0 Å². The summed E-state index contributed by atoms with van der Waals surface area (Å²) in [6.45, 7) is 0. The SMILES string of the molecule is COP(=O)(OC)OC(Br)C(Cl)(Cl)Br.[SiH4].c1ccc(-c2ccccc2)cc1. The molecule has 1 atom stereocenters. The number of halogens is 4. The van der Waals surface area contributed by atoms with Gasteiger partial charge in [-0.1, -0.05) is 99.8 Å². The lowest BCUT2D eigenvalue weighted by Gasteiger charge is -2.22. The molecule has 0 radical (unpaired) electrons. The van der Waals surface area contributed by atoms with E-state index < -0.39 is 16.1 Å². The summed E-state index contributed by atoms with van der Waals surface area (Å²) in [4.78, 5) is 0. The molecule has 0 aliphatic heterocycles. The molecule has 10 heteroatoms. The Kier molecular flexibility index (Phi) is 12.9. The highest BCUT2D eigenvalue weighted by Gasteiger charge is 2.38. The van der Waals surface area contributed by atoms with E-state index in [9.17, 15) is 4.57 Å². The quantitative estimate of drug-likeness (QED) is 0.261. The summed E-state index contributed by atoms with van der Waals surface area (Å²) in [6, 6.07) is 20.8. The van der Waals surface area contributed by atoms with Crippen LogP contribution in [0.2, 0.25) is 0 Å². The Balaban J connectivity index is 0.000000463. The van der Waals surface area contributed by atoms with E-state index in [-0.39, 0.29) is 11.0 Å². The molecule has 0 spiro atoms. The van der Waals surface area contributed by atoms with E-state index in [1.165, 1.54) is 25.3 Å². The number of hydrogen-bond donors (Lipinski definition) is 0. The molecule has 0 bridgehead atoms. The minimum atomic E-state index is -3.58. The van der Waals surface area contributed by atoms with Crippen molar-refractivity contribution in [3.63, 3.8) is 0 Å². The first kappa shape index (κ1) is 26.3. The van der Waals surface area contributed by atoms with Gasteiger partial charge in [0.05, 0.1) is 0 Å². The standard InChI is InChI=1S/C12H10.C4H7Br2Cl2O4P.H4Si/c1-3-7-11(8-4-1)12-9-5-2-6-10-12;1-10-13(9,11-2)12-3(5)4(6,7)8;/h1-10H;3H,1-2H3;1H4. The van der Waals surface area contributed by atoms with Crippen molar-refractivity contribution in [2.45, 2.75) is 8.26 Å². The van der Waals surface area contributed by atoms with Crippen LogP contribution >= 0.6 is 62.9 Å². The summed E-state index contributed by atoms with van der Waals surface area (Å²) < 4.78 is 23.8. The number of phosphoric ester groups is 1. The van der Waals surface area contributed by atoms with Gasteiger partial charge in [-0.3, -0.25) is 13.6 Å². The van der Waals surface area contributed by atoms with Crippen LogP contribution < -0.4 is 0 Å². The van der Waals surface area contributed by atoms with Gasteiger partial charge < -0.3 is 0 Å². The third-order valence-corrected chi connectivity index (χ3v) is 7.29. The van der Waals surface area contributed by atoms with Gasteiger partial charge in [-0.15, -0.1) is 0 Å². The molecular weight excluding hydrogens is 546 g/mol. The molecule has 0 saturated heterocycles. The molecule has 0 heterocycles. The Morgan fingerprint density at radius 1 is 0.923 bits per heavy atom. The van der Waals surface area contributed by atoms with Crippen LogP contribution in [-0.2, 0) is 18.1 Å². The molecule has 2 aromatic rings. The lowest BCUT2D eigenvalue weighted by Crippen LogP contribution is -2.21. The van der Waals surface area contributed by atoms with E-state index in [0.717, 1.165) is 0 Å². The first-order valence-electron chi connectivity index (χ1n) is 6.93. The van der Waals surface area contributed by atoms with Crippen molar-refractivity contribution >= 4 is 73.8 Å². The van der Waals surface area contributed by atoms with Gasteiger partial charge in [0.25, 0.3) is 0 Å². The van der Waals surface area contributed by atoms with Crippen LogP contribution in [0.3, 0.4) is 0 Å². The first-order chi connectivity index (χ1) is 11.7. The van der Waals surface area contributed by atoms with Crippen LogP contribution in [0.25, 0.3) is 11.1 Å². The molecule has 0 N–H and O–H groups in total. The summed E-state index contributed by atoms with van der Waals surface area (Å²) in [5, 5.41) is -0.936. The second-order valence-corrected chi connectivity index (χ2v) is 10.7. The van der Waals surface area contributed by atoms with Crippen LogP contribution in [0.5, 0.6) is 0 Å². The highest BCUT2D eigenvalue weighted by atomic mass is 79.9. The molecule has 2 rings (SSSR count). The zero-order valence-corrected chi connectivity index (χ0v) is 19.0. The second kappa shape index (κ2) is 12.7. The monoisotopic (exact) mass is 564 g/mol. The summed E-state index contributed by atoms with van der Waals surface area (Å²) in [5.74, 6) is 0. The van der Waals surface area contributed by atoms with Crippen LogP contribution in [0.4, 0.5) is 0 Å². The first-order valence-corrected chi connectivity index (χ1v) is 10.9. The Morgan fingerprint density at radius 2 is 1.27 bits per heavy atom. The zero-order chi connectivity index (χ0) is 18.9. The molecule has 0 aliphatic carbocycles. The summed E-state index contributed by atoms with van der Waals surface area (Å²) in [7, 11) is -1.21. The van der Waals surface area contributed by atoms with Crippen molar-refractivity contribution in [2.75, 3.05) is 14.2 Å². The smallest absolute Gasteiger partial charge is 0.290 e. The van der Waals surface area contributed by atoms with Gasteiger partial charge >= 0.3 is 7.82 Å². The van der Waals surface area contributed by atoms with Crippen molar-refractivity contribution in [1.82, 2.24) is 0 Å². The fraction of sp³-hybridized carbons (Fsp3) is 0.250. The molecule has 0 aliphatic rings. The van der Waals surface area contributed by atoms with Gasteiger partial charge in [0.15, 0.2) is 5.01 Å². The topological polar surface area (TPSA) is 44.8 Å². The number of alkyl halides is 4. The zero-order valence-electron chi connectivity index (χ0n) is 13.4. The third kappa shape index (κ3) is 9.49. The minimum Gasteiger partial charge on any atom is -0.290 e. The Morgan fingerprint density at radius 3 is 1.54 bits per heavy atom. The molecule has 4 nitrogen and oxygen atoms in total. The van der Waals surface area contributed by atoms with Crippen LogP contribution in [-0.4, -0.2) is 33.4 Å². The van der Waals surface area contributed by atoms with E-state index in [4.69, 9.17) is 27.7 Å². The van der Waals surface area contributed by atoms with Crippen molar-refractivity contribution in [3.05, 3.63) is 60.7 Å². The highest BCUT2D eigenvalue weighted by molar-refractivity contribution is 9.13. The predicted molar refractivity (Wildman–Crippen MR) is 122 cm³/mol. The molecule has 146 valence electrons. The number of benzene rings is 2. The van der Waals surface area contributed by atoms with E-state index >= 15 is 0 Å². The maximum Gasteiger partial charge on any atom is 0.475 e. The second-order valence-electron chi connectivity index (χ2n) is 4.51. The summed E-state index contributed by atoms with van der Waals surface area (Å²) in [6.07, 6.45) is 0. The highest BCUT2D eigenvalue weighted by Crippen LogP contribution is 2.53. The molecule has 0 fully saturated rings. The molecule has 26 heavy (non-hydrogen) atoms. The van der Waals surface area contributed by atoms with E-state index in [0.29, 0.717) is 0 Å². The number of phosphoric acid groups is 1. The average Bonchev–Trinajstić information content (AvgIpc) is 2.63. The minimum absolute atomic E-state index is 0. The van der Waals surface area contributed by atoms with Gasteiger partial charge in [-0.25, -0.2) is 4.57 Å². The van der Waals surface area contributed by atoms with Crippen LogP contribution in [0.1, 0.15) is 0 Å². The molecule has 0 aromatic heterocycles. The number of rotatable bonds is 6. The largest absolute Gasteiger partial charge is 0.475 e. The van der Waals surface area contributed by atoms with Gasteiger partial charge in [-0.05, 0) is 38.0 Å². The molecule has 0 amide bonds. The normalized spacial score (nSPS) is 12.4. The Labute approximate surface area is 185 Å². The van der Waals surface area contributed by atoms with E-state index in [1.54, 1.807) is 0 Å². The molecule has 2 aromatic carbocycles. The Hall–Kier alpha value is 0.307. The maximum atomic E-state index is 11.4. The van der Waals surface area contributed by atoms with E-state index in [2.05, 4.69) is 89.4 Å². The predicted octanol–water partition coefficient (Wildman–Crippen LogP) is 5.55. The lowest BCUT2D eigenvalue weighted by molar-refractivity contribution is 0.146. The van der Waals surface area contributed by atoms with Gasteiger partial charge in [0, 0.05) is 14.2 Å². The van der Waals surface area contributed by atoms with Crippen molar-refractivity contribution in [3.8, 4) is 11.1 Å². The maximum absolute atomic E-state index is 11.4. The summed E-state index contributed by atoms with van der Waals surface area (Å²) in [5.41, 5.74) is 2.55. The third-order valence-electron chi connectivity index (χ3n) is 2.81. The van der Waals surface area contributed by atoms with Crippen LogP contribution in [0.15, 0.2) is 60.7 Å². The average molecular weight is 567 g/mol. The van der Waals surface area contributed by atoms with E-state index in [1.807, 2.05) is 12.1 Å². The molecule has 0 saturated carbocycles. The van der Waals surface area contributed by atoms with Crippen molar-refractivity contribution < 1.29 is 18.1 Å². The fourth-order valence-electron chi connectivity index (χ4n) is 1.59. The molecule has 1 unspecified atom stereocenters. The van der Waals surface area contributed by atoms with Gasteiger partial charge in [0.1, 0.15) is 0 Å². The Bertz CT molecular complexity index is 629. The van der Waals surface area contributed by atoms with Gasteiger partial charge in [0.2, 0.25) is 3.24 Å². The number of hydrogen-bond acceptors (Lipinski definition) is 4. The summed E-state index contributed by atoms with van der Waals surface area (Å²) >= 11 is 17.0.